The molecule has 1 unspecified atom stereocenters. The highest BCUT2D eigenvalue weighted by Crippen LogP contribution is 2.15. The van der Waals surface area contributed by atoms with Gasteiger partial charge in [0.25, 0.3) is 0 Å². The zero-order valence-corrected chi connectivity index (χ0v) is 11.0. The maximum atomic E-state index is 11.6. The lowest BCUT2D eigenvalue weighted by molar-refractivity contribution is -0.117. The molecule has 1 amide bonds. The summed E-state index contributed by atoms with van der Waals surface area (Å²) < 4.78 is 0. The molecule has 0 bridgehead atoms. The van der Waals surface area contributed by atoms with Crippen LogP contribution in [0.5, 0.6) is 0 Å². The Labute approximate surface area is 108 Å². The number of halogens is 1. The van der Waals surface area contributed by atoms with E-state index in [0.717, 1.165) is 18.4 Å². The van der Waals surface area contributed by atoms with Crippen LogP contribution >= 0.6 is 11.6 Å². The molecule has 1 aromatic carbocycles. The maximum Gasteiger partial charge on any atom is 0.244 e. The minimum atomic E-state index is -0.0779. The van der Waals surface area contributed by atoms with Crippen molar-refractivity contribution < 1.29 is 4.79 Å². The second kappa shape index (κ2) is 7.13. The molecule has 2 nitrogen and oxygen atoms in total. The van der Waals surface area contributed by atoms with Crippen LogP contribution in [0, 0.1) is 0 Å². The lowest BCUT2D eigenvalue weighted by atomic mass is 10.2. The summed E-state index contributed by atoms with van der Waals surface area (Å²) in [5, 5.41) is 3.55. The summed E-state index contributed by atoms with van der Waals surface area (Å²) in [5.41, 5.74) is 0.854. The van der Waals surface area contributed by atoms with Gasteiger partial charge in [0.2, 0.25) is 5.91 Å². The van der Waals surface area contributed by atoms with E-state index in [4.69, 9.17) is 11.6 Å². The molecule has 0 aliphatic rings. The number of hydrogen-bond donors (Lipinski definition) is 1. The van der Waals surface area contributed by atoms with Crippen LogP contribution in [0.2, 0.25) is 5.02 Å². The predicted molar refractivity (Wildman–Crippen MR) is 73.0 cm³/mol. The summed E-state index contributed by atoms with van der Waals surface area (Å²) >= 11 is 5.98. The van der Waals surface area contributed by atoms with Crippen molar-refractivity contribution in [2.45, 2.75) is 32.7 Å². The maximum absolute atomic E-state index is 11.6. The van der Waals surface area contributed by atoms with E-state index in [1.807, 2.05) is 25.1 Å². The van der Waals surface area contributed by atoms with E-state index in [0.29, 0.717) is 5.02 Å². The number of amides is 1. The lowest BCUT2D eigenvalue weighted by Gasteiger charge is -2.10. The van der Waals surface area contributed by atoms with Crippen LogP contribution in [0.25, 0.3) is 6.08 Å². The van der Waals surface area contributed by atoms with Crippen molar-refractivity contribution in [1.82, 2.24) is 5.32 Å². The van der Waals surface area contributed by atoms with Crippen LogP contribution in [0.1, 0.15) is 32.3 Å². The Morgan fingerprint density at radius 1 is 1.47 bits per heavy atom. The van der Waals surface area contributed by atoms with Crippen LogP contribution in [-0.4, -0.2) is 11.9 Å². The highest BCUT2D eigenvalue weighted by molar-refractivity contribution is 6.32. The predicted octanol–water partition coefficient (Wildman–Crippen LogP) is 3.66. The van der Waals surface area contributed by atoms with Crippen LogP contribution in [0.3, 0.4) is 0 Å². The molecule has 0 saturated carbocycles. The number of nitrogens with one attached hydrogen (secondary N) is 1. The minimum absolute atomic E-state index is 0.0779. The monoisotopic (exact) mass is 251 g/mol. The van der Waals surface area contributed by atoms with Crippen molar-refractivity contribution in [1.29, 1.82) is 0 Å². The fourth-order valence-electron chi connectivity index (χ4n) is 1.57. The van der Waals surface area contributed by atoms with E-state index in [2.05, 4.69) is 12.2 Å². The fraction of sp³-hybridized carbons (Fsp3) is 0.357. The molecular formula is C14H18ClNO. The highest BCUT2D eigenvalue weighted by atomic mass is 35.5. The van der Waals surface area contributed by atoms with Gasteiger partial charge in [-0.2, -0.15) is 0 Å². The van der Waals surface area contributed by atoms with Gasteiger partial charge in [-0.05, 0) is 31.1 Å². The molecule has 0 aromatic heterocycles. The fourth-order valence-corrected chi connectivity index (χ4v) is 1.77. The van der Waals surface area contributed by atoms with Crippen LogP contribution in [0.4, 0.5) is 0 Å². The molecule has 1 N–H and O–H groups in total. The summed E-state index contributed by atoms with van der Waals surface area (Å²) in [7, 11) is 0. The third-order valence-corrected chi connectivity index (χ3v) is 2.77. The molecule has 1 aromatic rings. The zero-order chi connectivity index (χ0) is 12.7. The van der Waals surface area contributed by atoms with Crippen molar-refractivity contribution in [2.75, 3.05) is 0 Å². The highest BCUT2D eigenvalue weighted by Gasteiger charge is 2.03. The van der Waals surface area contributed by atoms with Gasteiger partial charge in [0.1, 0.15) is 0 Å². The smallest absolute Gasteiger partial charge is 0.244 e. The molecule has 0 heterocycles. The van der Waals surface area contributed by atoms with E-state index < -0.39 is 0 Å². The van der Waals surface area contributed by atoms with Gasteiger partial charge in [0.15, 0.2) is 0 Å². The summed E-state index contributed by atoms with van der Waals surface area (Å²) in [6, 6.07) is 7.65. The first-order valence-corrected chi connectivity index (χ1v) is 6.24. The van der Waals surface area contributed by atoms with Gasteiger partial charge in [-0.1, -0.05) is 43.1 Å². The standard InChI is InChI=1S/C14H18ClNO/c1-3-6-11(2)16-14(17)10-9-12-7-4-5-8-13(12)15/h4-5,7-11H,3,6H2,1-2H3,(H,16,17). The van der Waals surface area contributed by atoms with Crippen molar-refractivity contribution in [3.8, 4) is 0 Å². The Kier molecular flexibility index (Phi) is 5.78. The van der Waals surface area contributed by atoms with Crippen LogP contribution in [-0.2, 0) is 4.79 Å². The van der Waals surface area contributed by atoms with E-state index in [-0.39, 0.29) is 11.9 Å². The SMILES string of the molecule is CCCC(C)NC(=O)C=Cc1ccccc1Cl. The second-order valence-electron chi connectivity index (χ2n) is 4.05. The molecule has 0 radical (unpaired) electrons. The lowest BCUT2D eigenvalue weighted by Crippen LogP contribution is -2.30. The van der Waals surface area contributed by atoms with Gasteiger partial charge in [0, 0.05) is 17.1 Å². The number of rotatable bonds is 5. The minimum Gasteiger partial charge on any atom is -0.350 e. The number of hydrogen-bond acceptors (Lipinski definition) is 1. The van der Waals surface area contributed by atoms with Crippen molar-refractivity contribution >= 4 is 23.6 Å². The summed E-state index contributed by atoms with van der Waals surface area (Å²) in [6.45, 7) is 4.10. The van der Waals surface area contributed by atoms with E-state index in [9.17, 15) is 4.79 Å². The van der Waals surface area contributed by atoms with E-state index >= 15 is 0 Å². The molecule has 0 saturated heterocycles. The molecule has 0 spiro atoms. The molecular weight excluding hydrogens is 234 g/mol. The molecule has 92 valence electrons. The average molecular weight is 252 g/mol. The normalized spacial score (nSPS) is 12.6. The molecule has 17 heavy (non-hydrogen) atoms. The molecule has 0 aliphatic heterocycles. The average Bonchev–Trinajstić information content (AvgIpc) is 2.28. The summed E-state index contributed by atoms with van der Waals surface area (Å²) in [4.78, 5) is 11.6. The first-order chi connectivity index (χ1) is 8.13. The Bertz CT molecular complexity index is 401. The number of carbonyl (C=O) groups is 1. The van der Waals surface area contributed by atoms with Crippen molar-refractivity contribution in [3.63, 3.8) is 0 Å². The Morgan fingerprint density at radius 2 is 2.18 bits per heavy atom. The van der Waals surface area contributed by atoms with E-state index in [1.165, 1.54) is 6.08 Å². The van der Waals surface area contributed by atoms with Gasteiger partial charge >= 0.3 is 0 Å². The van der Waals surface area contributed by atoms with E-state index in [1.54, 1.807) is 12.1 Å². The second-order valence-corrected chi connectivity index (χ2v) is 4.46. The Morgan fingerprint density at radius 3 is 2.82 bits per heavy atom. The molecule has 3 heteroatoms. The third kappa shape index (κ3) is 5.05. The summed E-state index contributed by atoms with van der Waals surface area (Å²) in [5.74, 6) is -0.0779. The van der Waals surface area contributed by atoms with Crippen molar-refractivity contribution in [3.05, 3.63) is 40.9 Å². The van der Waals surface area contributed by atoms with Crippen molar-refractivity contribution in [2.24, 2.45) is 0 Å². The van der Waals surface area contributed by atoms with Gasteiger partial charge in [0.05, 0.1) is 0 Å². The molecule has 0 aliphatic carbocycles. The molecule has 0 fully saturated rings. The van der Waals surface area contributed by atoms with Crippen LogP contribution in [0.15, 0.2) is 30.3 Å². The third-order valence-electron chi connectivity index (χ3n) is 2.43. The first-order valence-electron chi connectivity index (χ1n) is 5.86. The molecule has 1 rings (SSSR count). The van der Waals surface area contributed by atoms with Crippen LogP contribution < -0.4 is 5.32 Å². The van der Waals surface area contributed by atoms with Gasteiger partial charge in [-0.15, -0.1) is 0 Å². The Balaban J connectivity index is 2.54. The summed E-state index contributed by atoms with van der Waals surface area (Å²) in [6.07, 6.45) is 5.31. The Hall–Kier alpha value is -1.28. The quantitative estimate of drug-likeness (QED) is 0.795. The van der Waals surface area contributed by atoms with Gasteiger partial charge < -0.3 is 5.32 Å². The molecule has 1 atom stereocenters. The topological polar surface area (TPSA) is 29.1 Å². The van der Waals surface area contributed by atoms with Gasteiger partial charge in [-0.25, -0.2) is 0 Å². The number of benzene rings is 1. The zero-order valence-electron chi connectivity index (χ0n) is 10.2. The number of carbonyl (C=O) groups excluding carboxylic acids is 1. The van der Waals surface area contributed by atoms with Gasteiger partial charge in [-0.3, -0.25) is 4.79 Å². The largest absolute Gasteiger partial charge is 0.350 e. The first kappa shape index (κ1) is 13.8.